The monoisotopic (exact) mass is 412 g/mol. The lowest BCUT2D eigenvalue weighted by Gasteiger charge is -2.25. The predicted molar refractivity (Wildman–Crippen MR) is 124 cm³/mol. The number of piperidine rings is 1. The first-order valence-corrected chi connectivity index (χ1v) is 10.9. The number of pyridine rings is 1. The Kier molecular flexibility index (Phi) is 6.49. The maximum absolute atomic E-state index is 10.7. The van der Waals surface area contributed by atoms with E-state index >= 15 is 0 Å². The highest BCUT2D eigenvalue weighted by molar-refractivity contribution is 5.74. The second-order valence-corrected chi connectivity index (χ2v) is 8.16. The van der Waals surface area contributed by atoms with Crippen LogP contribution < -0.4 is 11.1 Å². The van der Waals surface area contributed by atoms with Gasteiger partial charge in [0, 0.05) is 12.1 Å². The van der Waals surface area contributed by atoms with Crippen molar-refractivity contribution in [2.75, 3.05) is 18.8 Å². The summed E-state index contributed by atoms with van der Waals surface area (Å²) < 4.78 is 0. The molecule has 5 heteroatoms. The minimum Gasteiger partial charge on any atom is -0.507 e. The van der Waals surface area contributed by atoms with Crippen molar-refractivity contribution in [3.63, 3.8) is 0 Å². The summed E-state index contributed by atoms with van der Waals surface area (Å²) in [5.41, 5.74) is 11.3. The van der Waals surface area contributed by atoms with Gasteiger partial charge in [-0.3, -0.25) is 0 Å². The van der Waals surface area contributed by atoms with Gasteiger partial charge in [0.2, 0.25) is 0 Å². The van der Waals surface area contributed by atoms with Crippen LogP contribution in [-0.4, -0.2) is 23.2 Å². The van der Waals surface area contributed by atoms with Gasteiger partial charge in [-0.05, 0) is 73.4 Å². The van der Waals surface area contributed by atoms with E-state index in [2.05, 4.69) is 40.6 Å². The van der Waals surface area contributed by atoms with Gasteiger partial charge in [-0.15, -0.1) is 0 Å². The van der Waals surface area contributed by atoms with Crippen LogP contribution in [0.25, 0.3) is 11.3 Å². The molecular formula is C26H28N4O. The molecule has 1 aliphatic heterocycles. The number of nitrogens with one attached hydrogen (secondary N) is 1. The Balaban J connectivity index is 1.67. The lowest BCUT2D eigenvalue weighted by molar-refractivity contribution is 0.461. The van der Waals surface area contributed by atoms with Crippen LogP contribution in [0.2, 0.25) is 0 Å². The van der Waals surface area contributed by atoms with E-state index in [1.807, 2.05) is 24.3 Å². The molecule has 31 heavy (non-hydrogen) atoms. The molecule has 1 saturated heterocycles. The van der Waals surface area contributed by atoms with Gasteiger partial charge in [0.1, 0.15) is 17.6 Å². The second-order valence-electron chi connectivity index (χ2n) is 8.16. The molecule has 0 saturated carbocycles. The standard InChI is InChI=1S/C26H28N4O/c27-16-22-21(20-12-6-14-29-17-20)15-23(30-26(22)28)25-19(11-5-13-24(25)31)10-4-9-18-7-2-1-3-8-18/h1-3,5,7-8,11,13,15,20,29,31H,4,6,9-10,12,14,17H2,(H2,28,30). The highest BCUT2D eigenvalue weighted by Gasteiger charge is 2.23. The topological polar surface area (TPSA) is 95.0 Å². The molecule has 158 valence electrons. The molecule has 0 spiro atoms. The minimum absolute atomic E-state index is 0.196. The molecule has 1 atom stereocenters. The fraction of sp³-hybridized carbons (Fsp3) is 0.308. The summed E-state index contributed by atoms with van der Waals surface area (Å²) in [7, 11) is 0. The summed E-state index contributed by atoms with van der Waals surface area (Å²) in [4.78, 5) is 4.53. The number of nitrogens with two attached hydrogens (primary N) is 1. The van der Waals surface area contributed by atoms with E-state index in [1.165, 1.54) is 5.56 Å². The van der Waals surface area contributed by atoms with Gasteiger partial charge in [-0.2, -0.15) is 5.26 Å². The third kappa shape index (κ3) is 4.70. The number of phenols is 1. The normalized spacial score (nSPS) is 16.0. The number of aromatic nitrogens is 1. The summed E-state index contributed by atoms with van der Waals surface area (Å²) in [5, 5.41) is 23.8. The van der Waals surface area contributed by atoms with Crippen LogP contribution in [0.15, 0.2) is 54.6 Å². The van der Waals surface area contributed by atoms with Crippen LogP contribution in [0.1, 0.15) is 47.4 Å². The van der Waals surface area contributed by atoms with Gasteiger partial charge in [-0.1, -0.05) is 42.5 Å². The number of aromatic hydroxyl groups is 1. The average molecular weight is 413 g/mol. The molecule has 0 bridgehead atoms. The zero-order valence-electron chi connectivity index (χ0n) is 17.6. The summed E-state index contributed by atoms with van der Waals surface area (Å²) in [6.07, 6.45) is 4.83. The van der Waals surface area contributed by atoms with Crippen molar-refractivity contribution >= 4 is 5.82 Å². The second kappa shape index (κ2) is 9.63. The molecule has 0 aliphatic carbocycles. The molecule has 3 aromatic rings. The largest absolute Gasteiger partial charge is 0.507 e. The molecule has 5 nitrogen and oxygen atoms in total. The van der Waals surface area contributed by atoms with Gasteiger partial charge in [0.25, 0.3) is 0 Å². The van der Waals surface area contributed by atoms with E-state index in [0.717, 1.165) is 61.9 Å². The van der Waals surface area contributed by atoms with E-state index in [4.69, 9.17) is 5.73 Å². The van der Waals surface area contributed by atoms with E-state index in [-0.39, 0.29) is 17.5 Å². The zero-order valence-corrected chi connectivity index (χ0v) is 17.6. The number of nitriles is 1. The summed E-state index contributed by atoms with van der Waals surface area (Å²) in [5.74, 6) is 0.653. The molecule has 1 fully saturated rings. The zero-order chi connectivity index (χ0) is 21.6. The van der Waals surface area contributed by atoms with Crippen LogP contribution in [0.3, 0.4) is 0 Å². The Bertz CT molecular complexity index is 1080. The van der Waals surface area contributed by atoms with Crippen molar-refractivity contribution < 1.29 is 5.11 Å². The third-order valence-corrected chi connectivity index (χ3v) is 6.07. The maximum atomic E-state index is 10.7. The highest BCUT2D eigenvalue weighted by atomic mass is 16.3. The van der Waals surface area contributed by atoms with Crippen molar-refractivity contribution in [2.45, 2.75) is 38.0 Å². The number of aryl methyl sites for hydroxylation is 2. The Morgan fingerprint density at radius 1 is 1.13 bits per heavy atom. The highest BCUT2D eigenvalue weighted by Crippen LogP contribution is 2.37. The number of rotatable bonds is 6. The van der Waals surface area contributed by atoms with Crippen molar-refractivity contribution in [3.05, 3.63) is 76.9 Å². The smallest absolute Gasteiger partial charge is 0.142 e. The number of nitrogens with zero attached hydrogens (tertiary/aromatic N) is 2. The minimum atomic E-state index is 0.196. The molecule has 4 rings (SSSR count). The molecular weight excluding hydrogens is 384 g/mol. The number of anilines is 1. The van der Waals surface area contributed by atoms with Gasteiger partial charge in [0.05, 0.1) is 11.3 Å². The first kappa shape index (κ1) is 20.9. The van der Waals surface area contributed by atoms with Crippen LogP contribution in [0.5, 0.6) is 5.75 Å². The first-order chi connectivity index (χ1) is 15.2. The summed E-state index contributed by atoms with van der Waals surface area (Å²) in [6, 6.07) is 20.2. The maximum Gasteiger partial charge on any atom is 0.142 e. The van der Waals surface area contributed by atoms with Gasteiger partial charge < -0.3 is 16.2 Å². The van der Waals surface area contributed by atoms with Crippen molar-refractivity contribution in [1.82, 2.24) is 10.3 Å². The molecule has 2 heterocycles. The van der Waals surface area contributed by atoms with E-state index in [9.17, 15) is 10.4 Å². The van der Waals surface area contributed by atoms with Crippen LogP contribution in [0, 0.1) is 11.3 Å². The Labute approximate surface area is 183 Å². The molecule has 1 unspecified atom stereocenters. The predicted octanol–water partition coefficient (Wildman–Crippen LogP) is 4.55. The van der Waals surface area contributed by atoms with Crippen LogP contribution in [0.4, 0.5) is 5.82 Å². The molecule has 2 aromatic carbocycles. The summed E-state index contributed by atoms with van der Waals surface area (Å²) in [6.45, 7) is 1.82. The van der Waals surface area contributed by atoms with E-state index in [1.54, 1.807) is 6.07 Å². The lowest BCUT2D eigenvalue weighted by Crippen LogP contribution is -2.29. The number of nitrogen functional groups attached to an aromatic ring is 1. The summed E-state index contributed by atoms with van der Waals surface area (Å²) >= 11 is 0. The molecule has 1 aromatic heterocycles. The first-order valence-electron chi connectivity index (χ1n) is 10.9. The third-order valence-electron chi connectivity index (χ3n) is 6.07. The van der Waals surface area contributed by atoms with Gasteiger partial charge in [-0.25, -0.2) is 4.98 Å². The van der Waals surface area contributed by atoms with E-state index in [0.29, 0.717) is 11.3 Å². The Morgan fingerprint density at radius 3 is 2.71 bits per heavy atom. The van der Waals surface area contributed by atoms with Crippen molar-refractivity contribution in [2.24, 2.45) is 0 Å². The quantitative estimate of drug-likeness (QED) is 0.552. The Morgan fingerprint density at radius 2 is 1.97 bits per heavy atom. The number of hydrogen-bond acceptors (Lipinski definition) is 5. The molecule has 0 amide bonds. The van der Waals surface area contributed by atoms with Crippen molar-refractivity contribution in [1.29, 1.82) is 5.26 Å². The van der Waals surface area contributed by atoms with E-state index < -0.39 is 0 Å². The SMILES string of the molecule is N#Cc1c(C2CCCNC2)cc(-c2c(O)cccc2CCCc2ccccc2)nc1N. The van der Waals surface area contributed by atoms with Crippen LogP contribution in [-0.2, 0) is 12.8 Å². The molecule has 4 N–H and O–H groups in total. The lowest BCUT2D eigenvalue weighted by atomic mass is 9.87. The number of hydrogen-bond donors (Lipinski definition) is 3. The van der Waals surface area contributed by atoms with Crippen molar-refractivity contribution in [3.8, 4) is 23.1 Å². The van der Waals surface area contributed by atoms with Gasteiger partial charge >= 0.3 is 0 Å². The average Bonchev–Trinajstić information content (AvgIpc) is 2.80. The van der Waals surface area contributed by atoms with Crippen LogP contribution >= 0.6 is 0 Å². The number of phenolic OH excluding ortho intramolecular Hbond substituents is 1. The Hall–Kier alpha value is -3.36. The molecule has 1 aliphatic rings. The fourth-order valence-electron chi connectivity index (χ4n) is 4.49. The van der Waals surface area contributed by atoms with Gasteiger partial charge in [0.15, 0.2) is 0 Å². The fourth-order valence-corrected chi connectivity index (χ4v) is 4.49. The number of benzene rings is 2. The molecule has 0 radical (unpaired) electrons.